The monoisotopic (exact) mass is 264 g/mol. The van der Waals surface area contributed by atoms with E-state index in [1.807, 2.05) is 19.1 Å². The Balaban J connectivity index is 1.83. The lowest BCUT2D eigenvalue weighted by Crippen LogP contribution is -2.28. The molecule has 18 heavy (non-hydrogen) atoms. The molecule has 2 aromatic rings. The fourth-order valence-corrected chi connectivity index (χ4v) is 1.55. The van der Waals surface area contributed by atoms with Gasteiger partial charge in [-0.25, -0.2) is 4.79 Å². The van der Waals surface area contributed by atoms with Crippen molar-refractivity contribution in [3.8, 4) is 0 Å². The third-order valence-electron chi connectivity index (χ3n) is 2.31. The summed E-state index contributed by atoms with van der Waals surface area (Å²) in [6, 6.07) is 8.75. The van der Waals surface area contributed by atoms with Gasteiger partial charge in [-0.15, -0.1) is 0 Å². The lowest BCUT2D eigenvalue weighted by molar-refractivity contribution is 0.251. The Bertz CT molecular complexity index is 535. The van der Waals surface area contributed by atoms with Gasteiger partial charge in [0.25, 0.3) is 0 Å². The summed E-state index contributed by atoms with van der Waals surface area (Å²) in [5, 5.41) is 12.7. The van der Waals surface area contributed by atoms with Gasteiger partial charge in [0, 0.05) is 23.3 Å². The maximum Gasteiger partial charge on any atom is 0.320 e. The predicted molar refractivity (Wildman–Crippen MR) is 70.6 cm³/mol. The number of aromatic nitrogens is 2. The van der Waals surface area contributed by atoms with Crippen LogP contribution >= 0.6 is 11.6 Å². The molecule has 1 aromatic heterocycles. The van der Waals surface area contributed by atoms with Crippen LogP contribution < -0.4 is 10.6 Å². The normalized spacial score (nSPS) is 10.1. The molecular weight excluding hydrogens is 252 g/mol. The number of nitrogens with one attached hydrogen (secondary N) is 3. The second-order valence-electron chi connectivity index (χ2n) is 3.87. The number of anilines is 1. The van der Waals surface area contributed by atoms with Crippen LogP contribution in [0.4, 0.5) is 10.6 Å². The van der Waals surface area contributed by atoms with Gasteiger partial charge in [0.1, 0.15) is 0 Å². The number of carbonyl (C=O) groups is 1. The van der Waals surface area contributed by atoms with Crippen molar-refractivity contribution < 1.29 is 4.79 Å². The number of halogens is 1. The number of carbonyl (C=O) groups excluding carboxylic acids is 1. The van der Waals surface area contributed by atoms with Crippen LogP contribution in [0.25, 0.3) is 0 Å². The second-order valence-corrected chi connectivity index (χ2v) is 4.31. The number of hydrogen-bond acceptors (Lipinski definition) is 2. The first-order chi connectivity index (χ1) is 8.63. The van der Waals surface area contributed by atoms with E-state index in [9.17, 15) is 4.79 Å². The van der Waals surface area contributed by atoms with E-state index < -0.39 is 0 Å². The summed E-state index contributed by atoms with van der Waals surface area (Å²) in [6.45, 7) is 2.30. The van der Waals surface area contributed by atoms with Gasteiger partial charge in [-0.1, -0.05) is 23.7 Å². The Morgan fingerprint density at radius 1 is 1.39 bits per heavy atom. The molecule has 0 saturated carbocycles. The van der Waals surface area contributed by atoms with Crippen LogP contribution in [0.2, 0.25) is 5.02 Å². The van der Waals surface area contributed by atoms with Gasteiger partial charge in [0.05, 0.1) is 0 Å². The number of H-pyrrole nitrogens is 1. The number of urea groups is 1. The molecule has 0 fully saturated rings. The lowest BCUT2D eigenvalue weighted by atomic mass is 10.2. The number of amides is 2. The zero-order valence-electron chi connectivity index (χ0n) is 9.83. The van der Waals surface area contributed by atoms with E-state index in [-0.39, 0.29) is 6.03 Å². The molecule has 0 bridgehead atoms. The fraction of sp³-hybridized carbons (Fsp3) is 0.167. The standard InChI is InChI=1S/C12H13ClN4O/c1-8-6-11(17-16-8)15-12(18)14-7-9-2-4-10(13)5-3-9/h2-6H,7H2,1H3,(H3,14,15,16,17,18). The van der Waals surface area contributed by atoms with Crippen LogP contribution in [0.5, 0.6) is 0 Å². The van der Waals surface area contributed by atoms with Crippen LogP contribution in [0, 0.1) is 6.92 Å². The van der Waals surface area contributed by atoms with E-state index in [1.165, 1.54) is 0 Å². The Morgan fingerprint density at radius 3 is 2.72 bits per heavy atom. The molecule has 0 spiro atoms. The molecule has 5 nitrogen and oxygen atoms in total. The fourth-order valence-electron chi connectivity index (χ4n) is 1.43. The average molecular weight is 265 g/mol. The summed E-state index contributed by atoms with van der Waals surface area (Å²) >= 11 is 5.77. The number of rotatable bonds is 3. The minimum absolute atomic E-state index is 0.295. The largest absolute Gasteiger partial charge is 0.334 e. The number of aromatic amines is 1. The molecule has 0 radical (unpaired) electrons. The van der Waals surface area contributed by atoms with Crippen LogP contribution in [-0.4, -0.2) is 16.2 Å². The van der Waals surface area contributed by atoms with Gasteiger partial charge in [-0.2, -0.15) is 5.10 Å². The molecule has 6 heteroatoms. The quantitative estimate of drug-likeness (QED) is 0.798. The molecule has 2 amide bonds. The van der Waals surface area contributed by atoms with Crippen molar-refractivity contribution in [2.45, 2.75) is 13.5 Å². The minimum atomic E-state index is -0.295. The Morgan fingerprint density at radius 2 is 2.11 bits per heavy atom. The molecule has 0 saturated heterocycles. The lowest BCUT2D eigenvalue weighted by Gasteiger charge is -2.05. The maximum atomic E-state index is 11.6. The maximum absolute atomic E-state index is 11.6. The zero-order valence-corrected chi connectivity index (χ0v) is 10.6. The predicted octanol–water partition coefficient (Wildman–Crippen LogP) is 2.69. The topological polar surface area (TPSA) is 69.8 Å². The molecule has 3 N–H and O–H groups in total. The van der Waals surface area contributed by atoms with Crippen molar-refractivity contribution in [2.75, 3.05) is 5.32 Å². The van der Waals surface area contributed by atoms with E-state index in [1.54, 1.807) is 18.2 Å². The molecule has 0 aliphatic heterocycles. The van der Waals surface area contributed by atoms with Gasteiger partial charge in [-0.05, 0) is 24.6 Å². The van der Waals surface area contributed by atoms with Crippen molar-refractivity contribution in [3.63, 3.8) is 0 Å². The average Bonchev–Trinajstić information content (AvgIpc) is 2.74. The zero-order chi connectivity index (χ0) is 13.0. The third kappa shape index (κ3) is 3.49. The molecule has 0 atom stereocenters. The van der Waals surface area contributed by atoms with Crippen LogP contribution in [-0.2, 0) is 6.54 Å². The summed E-state index contributed by atoms with van der Waals surface area (Å²) in [7, 11) is 0. The number of aryl methyl sites for hydroxylation is 1. The Labute approximate surface area is 110 Å². The van der Waals surface area contributed by atoms with Crippen molar-refractivity contribution in [2.24, 2.45) is 0 Å². The Kier molecular flexibility index (Phi) is 3.84. The van der Waals surface area contributed by atoms with Crippen LogP contribution in [0.3, 0.4) is 0 Å². The molecule has 1 heterocycles. The highest BCUT2D eigenvalue weighted by atomic mass is 35.5. The van der Waals surface area contributed by atoms with Gasteiger partial charge in [-0.3, -0.25) is 10.4 Å². The van der Waals surface area contributed by atoms with Gasteiger partial charge >= 0.3 is 6.03 Å². The number of hydrogen-bond donors (Lipinski definition) is 3. The molecule has 0 aliphatic carbocycles. The summed E-state index contributed by atoms with van der Waals surface area (Å²) in [4.78, 5) is 11.6. The SMILES string of the molecule is Cc1cc(NC(=O)NCc2ccc(Cl)cc2)n[nH]1. The first-order valence-corrected chi connectivity index (χ1v) is 5.82. The van der Waals surface area contributed by atoms with Gasteiger partial charge in [0.15, 0.2) is 5.82 Å². The van der Waals surface area contributed by atoms with Crippen molar-refractivity contribution >= 4 is 23.4 Å². The summed E-state index contributed by atoms with van der Waals surface area (Å²) < 4.78 is 0. The molecular formula is C12H13ClN4O. The number of benzene rings is 1. The van der Waals surface area contributed by atoms with Crippen molar-refractivity contribution in [1.82, 2.24) is 15.5 Å². The van der Waals surface area contributed by atoms with E-state index >= 15 is 0 Å². The molecule has 0 aliphatic rings. The highest BCUT2D eigenvalue weighted by molar-refractivity contribution is 6.30. The minimum Gasteiger partial charge on any atom is -0.334 e. The summed E-state index contributed by atoms with van der Waals surface area (Å²) in [6.07, 6.45) is 0. The van der Waals surface area contributed by atoms with Crippen LogP contribution in [0.15, 0.2) is 30.3 Å². The summed E-state index contributed by atoms with van der Waals surface area (Å²) in [5.74, 6) is 0.501. The van der Waals surface area contributed by atoms with Crippen LogP contribution in [0.1, 0.15) is 11.3 Å². The smallest absolute Gasteiger partial charge is 0.320 e. The van der Waals surface area contributed by atoms with E-state index in [0.29, 0.717) is 17.4 Å². The van der Waals surface area contributed by atoms with E-state index in [2.05, 4.69) is 20.8 Å². The first kappa shape index (κ1) is 12.4. The molecule has 0 unspecified atom stereocenters. The highest BCUT2D eigenvalue weighted by Gasteiger charge is 2.03. The van der Waals surface area contributed by atoms with E-state index in [4.69, 9.17) is 11.6 Å². The second kappa shape index (κ2) is 5.55. The Hall–Kier alpha value is -2.01. The molecule has 2 rings (SSSR count). The third-order valence-corrected chi connectivity index (χ3v) is 2.57. The first-order valence-electron chi connectivity index (χ1n) is 5.45. The summed E-state index contributed by atoms with van der Waals surface area (Å²) in [5.41, 5.74) is 1.87. The van der Waals surface area contributed by atoms with Gasteiger partial charge < -0.3 is 5.32 Å². The number of nitrogens with zero attached hydrogens (tertiary/aromatic N) is 1. The molecule has 94 valence electrons. The van der Waals surface area contributed by atoms with Crippen molar-refractivity contribution in [1.29, 1.82) is 0 Å². The van der Waals surface area contributed by atoms with Gasteiger partial charge in [0.2, 0.25) is 0 Å². The molecule has 1 aromatic carbocycles. The van der Waals surface area contributed by atoms with Crippen molar-refractivity contribution in [3.05, 3.63) is 46.6 Å². The van der Waals surface area contributed by atoms with E-state index in [0.717, 1.165) is 11.3 Å². The highest BCUT2D eigenvalue weighted by Crippen LogP contribution is 2.09.